The highest BCUT2D eigenvalue weighted by Crippen LogP contribution is 2.28. The average molecular weight is 383 g/mol. The molecule has 1 atom stereocenters. The highest BCUT2D eigenvalue weighted by atomic mass is 32.2. The molecule has 1 heterocycles. The van der Waals surface area contributed by atoms with E-state index in [-0.39, 0.29) is 11.2 Å². The fourth-order valence-corrected chi connectivity index (χ4v) is 3.73. The van der Waals surface area contributed by atoms with Crippen LogP contribution in [0.5, 0.6) is 0 Å². The molecule has 0 radical (unpaired) electrons. The molecule has 6 heteroatoms. The second-order valence-electron chi connectivity index (χ2n) is 6.36. The summed E-state index contributed by atoms with van der Waals surface area (Å²) in [4.78, 5) is 22.5. The molecule has 1 amide bonds. The molecule has 1 unspecified atom stereocenters. The first kappa shape index (κ1) is 19.3. The van der Waals surface area contributed by atoms with Crippen LogP contribution in [-0.2, 0) is 4.79 Å². The molecule has 27 heavy (non-hydrogen) atoms. The third-order valence-electron chi connectivity index (χ3n) is 4.54. The lowest BCUT2D eigenvalue weighted by Crippen LogP contribution is -2.21. The van der Waals surface area contributed by atoms with Crippen molar-refractivity contribution >= 4 is 40.1 Å². The summed E-state index contributed by atoms with van der Waals surface area (Å²) in [5.41, 5.74) is 3.98. The number of hydrogen-bond acceptors (Lipinski definition) is 4. The van der Waals surface area contributed by atoms with E-state index in [1.807, 2.05) is 48.5 Å². The molecular formula is C21H26N4OS. The Kier molecular flexibility index (Phi) is 6.40. The minimum atomic E-state index is -0.00134. The van der Waals surface area contributed by atoms with Gasteiger partial charge in [-0.25, -0.2) is 4.98 Å². The monoisotopic (exact) mass is 382 g/mol. The Morgan fingerprint density at radius 1 is 1.15 bits per heavy atom. The summed E-state index contributed by atoms with van der Waals surface area (Å²) >= 11 is 1.57. The first-order valence-corrected chi connectivity index (χ1v) is 10.4. The van der Waals surface area contributed by atoms with Gasteiger partial charge in [0.05, 0.1) is 22.0 Å². The second-order valence-corrected chi connectivity index (χ2v) is 7.69. The number of anilines is 2. The number of aromatic nitrogens is 2. The molecule has 2 aromatic carbocycles. The number of H-pyrrole nitrogens is 1. The number of imidazole rings is 1. The van der Waals surface area contributed by atoms with Crippen LogP contribution in [0.15, 0.2) is 48.5 Å². The number of aromatic amines is 1. The number of carbonyl (C=O) groups excluding carboxylic acids is 1. The van der Waals surface area contributed by atoms with Crippen LogP contribution in [0.3, 0.4) is 0 Å². The lowest BCUT2D eigenvalue weighted by molar-refractivity contribution is -0.113. The number of para-hydroxylation sites is 2. The van der Waals surface area contributed by atoms with E-state index in [2.05, 4.69) is 41.0 Å². The van der Waals surface area contributed by atoms with E-state index < -0.39 is 0 Å². The molecule has 0 fully saturated rings. The van der Waals surface area contributed by atoms with Gasteiger partial charge in [0.15, 0.2) is 0 Å². The van der Waals surface area contributed by atoms with Crippen molar-refractivity contribution in [2.75, 3.05) is 29.1 Å². The molecule has 0 aliphatic rings. The van der Waals surface area contributed by atoms with Crippen LogP contribution in [0.1, 0.15) is 31.8 Å². The van der Waals surface area contributed by atoms with Crippen molar-refractivity contribution < 1.29 is 4.79 Å². The topological polar surface area (TPSA) is 61.0 Å². The summed E-state index contributed by atoms with van der Waals surface area (Å²) in [6, 6.07) is 16.0. The van der Waals surface area contributed by atoms with Crippen molar-refractivity contribution in [1.29, 1.82) is 0 Å². The highest BCUT2D eigenvalue weighted by Gasteiger charge is 2.13. The molecule has 0 saturated carbocycles. The predicted octanol–water partition coefficient (Wildman–Crippen LogP) is 4.84. The molecule has 0 saturated heterocycles. The Morgan fingerprint density at radius 3 is 2.52 bits per heavy atom. The zero-order valence-corrected chi connectivity index (χ0v) is 16.8. The van der Waals surface area contributed by atoms with Gasteiger partial charge in [-0.15, -0.1) is 11.8 Å². The minimum Gasteiger partial charge on any atom is -0.372 e. The smallest absolute Gasteiger partial charge is 0.234 e. The molecule has 142 valence electrons. The zero-order valence-electron chi connectivity index (χ0n) is 16.0. The fraction of sp³-hybridized carbons (Fsp3) is 0.333. The van der Waals surface area contributed by atoms with Crippen LogP contribution >= 0.6 is 11.8 Å². The maximum Gasteiger partial charge on any atom is 0.234 e. The molecule has 3 aromatic rings. The van der Waals surface area contributed by atoms with Gasteiger partial charge in [0, 0.05) is 24.5 Å². The van der Waals surface area contributed by atoms with Gasteiger partial charge in [-0.1, -0.05) is 12.1 Å². The summed E-state index contributed by atoms with van der Waals surface area (Å²) in [6.07, 6.45) is 0. The number of hydrogen-bond donors (Lipinski definition) is 2. The van der Waals surface area contributed by atoms with E-state index in [0.717, 1.165) is 35.6 Å². The van der Waals surface area contributed by atoms with E-state index >= 15 is 0 Å². The van der Waals surface area contributed by atoms with Gasteiger partial charge in [-0.3, -0.25) is 4.79 Å². The molecule has 0 spiro atoms. The second kappa shape index (κ2) is 8.95. The number of thioether (sulfide) groups is 1. The van der Waals surface area contributed by atoms with Crippen molar-refractivity contribution in [3.8, 4) is 0 Å². The number of nitrogens with one attached hydrogen (secondary N) is 2. The van der Waals surface area contributed by atoms with Gasteiger partial charge in [0.25, 0.3) is 0 Å². The standard InChI is InChI=1S/C21H26N4OS/c1-4-25(5-2)17-12-10-16(11-13-17)22-20(26)14-27-15(3)21-23-18-8-6-7-9-19(18)24-21/h6-13,15H,4-5,14H2,1-3H3,(H,22,26)(H,23,24). The van der Waals surface area contributed by atoms with Gasteiger partial charge < -0.3 is 15.2 Å². The van der Waals surface area contributed by atoms with Crippen LogP contribution in [0.2, 0.25) is 0 Å². The lowest BCUT2D eigenvalue weighted by Gasteiger charge is -2.21. The van der Waals surface area contributed by atoms with Crippen LogP contribution in [0, 0.1) is 0 Å². The number of fused-ring (bicyclic) bond motifs is 1. The summed E-state index contributed by atoms with van der Waals surface area (Å²) in [6.45, 7) is 8.28. The number of rotatable bonds is 8. The third kappa shape index (κ3) is 4.83. The van der Waals surface area contributed by atoms with Gasteiger partial charge in [-0.05, 0) is 57.2 Å². The van der Waals surface area contributed by atoms with Crippen molar-refractivity contribution in [2.24, 2.45) is 0 Å². The molecule has 2 N–H and O–H groups in total. The molecule has 5 nitrogen and oxygen atoms in total. The van der Waals surface area contributed by atoms with Crippen molar-refractivity contribution in [1.82, 2.24) is 9.97 Å². The van der Waals surface area contributed by atoms with Crippen molar-refractivity contribution in [3.05, 3.63) is 54.4 Å². The normalized spacial score (nSPS) is 12.1. The van der Waals surface area contributed by atoms with Crippen LogP contribution < -0.4 is 10.2 Å². The van der Waals surface area contributed by atoms with Crippen molar-refractivity contribution in [2.45, 2.75) is 26.0 Å². The highest BCUT2D eigenvalue weighted by molar-refractivity contribution is 8.00. The van der Waals surface area contributed by atoms with Crippen molar-refractivity contribution in [3.63, 3.8) is 0 Å². The SMILES string of the molecule is CCN(CC)c1ccc(NC(=O)CSC(C)c2nc3ccccc3[nH]2)cc1. The first-order chi connectivity index (χ1) is 13.1. The Balaban J connectivity index is 1.53. The summed E-state index contributed by atoms with van der Waals surface area (Å²) in [5, 5.41) is 3.09. The van der Waals surface area contributed by atoms with Gasteiger partial charge in [0.1, 0.15) is 5.82 Å². The van der Waals surface area contributed by atoms with E-state index in [1.54, 1.807) is 11.8 Å². The molecule has 0 aliphatic carbocycles. The Bertz CT molecular complexity index is 854. The number of nitrogens with zero attached hydrogens (tertiary/aromatic N) is 2. The van der Waals surface area contributed by atoms with Crippen LogP contribution in [-0.4, -0.2) is 34.7 Å². The number of carbonyl (C=O) groups is 1. The van der Waals surface area contributed by atoms with E-state index in [4.69, 9.17) is 0 Å². The summed E-state index contributed by atoms with van der Waals surface area (Å²) in [7, 11) is 0. The Morgan fingerprint density at radius 2 is 1.85 bits per heavy atom. The fourth-order valence-electron chi connectivity index (χ4n) is 2.99. The average Bonchev–Trinajstić information content (AvgIpc) is 3.13. The minimum absolute atomic E-state index is 0.00134. The first-order valence-electron chi connectivity index (χ1n) is 9.31. The molecule has 0 aliphatic heterocycles. The third-order valence-corrected chi connectivity index (χ3v) is 5.69. The number of amides is 1. The van der Waals surface area contributed by atoms with Gasteiger partial charge in [-0.2, -0.15) is 0 Å². The number of benzene rings is 2. The molecular weight excluding hydrogens is 356 g/mol. The van der Waals surface area contributed by atoms with Gasteiger partial charge in [0.2, 0.25) is 5.91 Å². The zero-order chi connectivity index (χ0) is 19.2. The van der Waals surface area contributed by atoms with Crippen LogP contribution in [0.4, 0.5) is 11.4 Å². The Hall–Kier alpha value is -2.47. The maximum atomic E-state index is 12.3. The maximum absolute atomic E-state index is 12.3. The van der Waals surface area contributed by atoms with E-state index in [0.29, 0.717) is 5.75 Å². The molecule has 0 bridgehead atoms. The van der Waals surface area contributed by atoms with E-state index in [9.17, 15) is 4.79 Å². The predicted molar refractivity (Wildman–Crippen MR) is 116 cm³/mol. The Labute approximate surface area is 164 Å². The van der Waals surface area contributed by atoms with Crippen LogP contribution in [0.25, 0.3) is 11.0 Å². The lowest BCUT2D eigenvalue weighted by atomic mass is 10.2. The van der Waals surface area contributed by atoms with Gasteiger partial charge >= 0.3 is 0 Å². The molecule has 1 aromatic heterocycles. The molecule has 3 rings (SSSR count). The quantitative estimate of drug-likeness (QED) is 0.585. The largest absolute Gasteiger partial charge is 0.372 e. The van der Waals surface area contributed by atoms with E-state index in [1.165, 1.54) is 5.69 Å². The summed E-state index contributed by atoms with van der Waals surface area (Å²) < 4.78 is 0. The summed E-state index contributed by atoms with van der Waals surface area (Å²) in [5.74, 6) is 1.28.